The number of anilines is 1. The molecule has 0 unspecified atom stereocenters. The molecule has 1 N–H and O–H groups in total. The molecule has 0 atom stereocenters. The third-order valence-corrected chi connectivity index (χ3v) is 3.75. The Morgan fingerprint density at radius 3 is 2.50 bits per heavy atom. The van der Waals surface area contributed by atoms with Crippen molar-refractivity contribution in [1.82, 2.24) is 0 Å². The fourth-order valence-corrected chi connectivity index (χ4v) is 2.43. The largest absolute Gasteiger partial charge is 0.496 e. The maximum absolute atomic E-state index is 12.7. The number of carbonyl (C=O) groups excluding carboxylic acids is 2. The summed E-state index contributed by atoms with van der Waals surface area (Å²) in [7, 11) is 1.40. The maximum atomic E-state index is 12.7. The van der Waals surface area contributed by atoms with Crippen molar-refractivity contribution in [2.24, 2.45) is 0 Å². The summed E-state index contributed by atoms with van der Waals surface area (Å²) in [5, 5.41) is 2.70. The first-order valence-electron chi connectivity index (χ1n) is 7.54. The minimum atomic E-state index is -4.50. The smallest absolute Gasteiger partial charge is 0.416 e. The molecule has 0 saturated carbocycles. The van der Waals surface area contributed by atoms with Crippen LogP contribution >= 0.6 is 11.6 Å². The number of alkyl halides is 3. The lowest BCUT2D eigenvalue weighted by Gasteiger charge is -2.10. The summed E-state index contributed by atoms with van der Waals surface area (Å²) in [6.45, 7) is 0. The molecule has 2 aromatic rings. The number of amides is 1. The molecule has 26 heavy (non-hydrogen) atoms. The van der Waals surface area contributed by atoms with Gasteiger partial charge in [0.1, 0.15) is 5.75 Å². The molecule has 0 radical (unpaired) electrons. The molecule has 2 rings (SSSR count). The number of halogens is 4. The second-order valence-corrected chi connectivity index (χ2v) is 5.83. The van der Waals surface area contributed by atoms with Gasteiger partial charge in [0.25, 0.3) is 0 Å². The van der Waals surface area contributed by atoms with E-state index in [1.165, 1.54) is 31.4 Å². The van der Waals surface area contributed by atoms with Gasteiger partial charge in [-0.25, -0.2) is 0 Å². The monoisotopic (exact) mass is 385 g/mol. The Kier molecular flexibility index (Phi) is 6.26. The number of Topliss-reactive ketones (excluding diaryl/α,β-unsaturated/α-hetero) is 1. The minimum absolute atomic E-state index is 0.0117. The Morgan fingerprint density at radius 2 is 1.85 bits per heavy atom. The second-order valence-electron chi connectivity index (χ2n) is 5.39. The van der Waals surface area contributed by atoms with E-state index in [0.717, 1.165) is 12.1 Å². The highest BCUT2D eigenvalue weighted by Gasteiger charge is 2.30. The number of ketones is 1. The number of methoxy groups -OCH3 is 1. The number of benzene rings is 2. The summed E-state index contributed by atoms with van der Waals surface area (Å²) in [5.41, 5.74) is -0.612. The van der Waals surface area contributed by atoms with Crippen LogP contribution < -0.4 is 10.1 Å². The van der Waals surface area contributed by atoms with E-state index >= 15 is 0 Å². The van der Waals surface area contributed by atoms with Crippen LogP contribution in [0.15, 0.2) is 42.5 Å². The van der Waals surface area contributed by atoms with Crippen molar-refractivity contribution in [3.8, 4) is 5.75 Å². The molecule has 0 aromatic heterocycles. The number of nitrogens with one attached hydrogen (secondary N) is 1. The number of rotatable bonds is 6. The van der Waals surface area contributed by atoms with E-state index in [1.54, 1.807) is 6.07 Å². The Bertz CT molecular complexity index is 822. The van der Waals surface area contributed by atoms with Crippen LogP contribution in [0.2, 0.25) is 5.02 Å². The molecule has 1 amide bonds. The van der Waals surface area contributed by atoms with Crippen molar-refractivity contribution in [1.29, 1.82) is 0 Å². The Hall–Kier alpha value is -2.54. The van der Waals surface area contributed by atoms with E-state index in [9.17, 15) is 22.8 Å². The van der Waals surface area contributed by atoms with Crippen LogP contribution in [0.3, 0.4) is 0 Å². The molecule has 2 aromatic carbocycles. The zero-order chi connectivity index (χ0) is 19.3. The van der Waals surface area contributed by atoms with Crippen LogP contribution in [0, 0.1) is 0 Å². The van der Waals surface area contributed by atoms with Gasteiger partial charge in [-0.2, -0.15) is 13.2 Å². The van der Waals surface area contributed by atoms with Gasteiger partial charge in [-0.15, -0.1) is 0 Å². The van der Waals surface area contributed by atoms with Crippen LogP contribution in [0.1, 0.15) is 28.8 Å². The Balaban J connectivity index is 1.99. The van der Waals surface area contributed by atoms with Crippen molar-refractivity contribution in [3.05, 3.63) is 58.6 Å². The van der Waals surface area contributed by atoms with Gasteiger partial charge in [0, 0.05) is 23.6 Å². The highest BCUT2D eigenvalue weighted by atomic mass is 35.5. The van der Waals surface area contributed by atoms with Gasteiger partial charge < -0.3 is 10.1 Å². The molecule has 0 heterocycles. The summed E-state index contributed by atoms with van der Waals surface area (Å²) < 4.78 is 43.1. The maximum Gasteiger partial charge on any atom is 0.416 e. The lowest BCUT2D eigenvalue weighted by atomic mass is 10.1. The standard InChI is InChI=1S/C18H15ClF3NO3/c1-26-16-7-5-12(19)10-14(16)15(24)6-8-17(25)23-13-4-2-3-11(9-13)18(20,21)22/h2-5,7,9-10H,6,8H2,1H3,(H,23,25). The average Bonchev–Trinajstić information content (AvgIpc) is 2.59. The SMILES string of the molecule is COc1ccc(Cl)cc1C(=O)CCC(=O)Nc1cccc(C(F)(F)F)c1. The van der Waals surface area contributed by atoms with E-state index in [2.05, 4.69) is 5.32 Å². The van der Waals surface area contributed by atoms with Crippen LogP contribution in [0.4, 0.5) is 18.9 Å². The van der Waals surface area contributed by atoms with Crippen LogP contribution in [0.5, 0.6) is 5.75 Å². The Morgan fingerprint density at radius 1 is 1.12 bits per heavy atom. The van der Waals surface area contributed by atoms with E-state index in [-0.39, 0.29) is 29.9 Å². The van der Waals surface area contributed by atoms with Gasteiger partial charge >= 0.3 is 6.18 Å². The summed E-state index contributed by atoms with van der Waals surface area (Å²) in [6, 6.07) is 8.82. The molecule has 8 heteroatoms. The lowest BCUT2D eigenvalue weighted by Crippen LogP contribution is -2.14. The topological polar surface area (TPSA) is 55.4 Å². The predicted octanol–water partition coefficient (Wildman–Crippen LogP) is 4.97. The molecule has 0 aliphatic carbocycles. The predicted molar refractivity (Wildman–Crippen MR) is 91.6 cm³/mol. The third kappa shape index (κ3) is 5.23. The number of hydrogen-bond donors (Lipinski definition) is 1. The van der Waals surface area contributed by atoms with Crippen molar-refractivity contribution < 1.29 is 27.5 Å². The van der Waals surface area contributed by atoms with Crippen molar-refractivity contribution in [2.45, 2.75) is 19.0 Å². The zero-order valence-corrected chi connectivity index (χ0v) is 14.4. The fraction of sp³-hybridized carbons (Fsp3) is 0.222. The number of hydrogen-bond acceptors (Lipinski definition) is 3. The first-order valence-corrected chi connectivity index (χ1v) is 7.92. The van der Waals surface area contributed by atoms with Gasteiger partial charge in [0.2, 0.25) is 5.91 Å². The summed E-state index contributed by atoms with van der Waals surface area (Å²) in [6.07, 6.45) is -4.83. The first kappa shape index (κ1) is 19.8. The van der Waals surface area contributed by atoms with Crippen molar-refractivity contribution in [3.63, 3.8) is 0 Å². The molecule has 0 saturated heterocycles. The molecule has 138 valence electrons. The quantitative estimate of drug-likeness (QED) is 0.714. The van der Waals surface area contributed by atoms with E-state index in [0.29, 0.717) is 10.8 Å². The van der Waals surface area contributed by atoms with Gasteiger partial charge in [0.15, 0.2) is 5.78 Å². The number of carbonyl (C=O) groups is 2. The lowest BCUT2D eigenvalue weighted by molar-refractivity contribution is -0.137. The number of ether oxygens (including phenoxy) is 1. The fourth-order valence-electron chi connectivity index (χ4n) is 2.26. The van der Waals surface area contributed by atoms with Gasteiger partial charge in [0.05, 0.1) is 18.2 Å². The highest BCUT2D eigenvalue weighted by molar-refractivity contribution is 6.31. The minimum Gasteiger partial charge on any atom is -0.496 e. The molecule has 4 nitrogen and oxygen atoms in total. The molecule has 0 spiro atoms. The average molecular weight is 386 g/mol. The highest BCUT2D eigenvalue weighted by Crippen LogP contribution is 2.30. The zero-order valence-electron chi connectivity index (χ0n) is 13.7. The van der Waals surface area contributed by atoms with Crippen LogP contribution in [-0.2, 0) is 11.0 Å². The van der Waals surface area contributed by atoms with Crippen molar-refractivity contribution >= 4 is 29.0 Å². The van der Waals surface area contributed by atoms with Gasteiger partial charge in [-0.05, 0) is 36.4 Å². The molecule has 0 bridgehead atoms. The van der Waals surface area contributed by atoms with E-state index in [4.69, 9.17) is 16.3 Å². The summed E-state index contributed by atoms with van der Waals surface area (Å²) in [4.78, 5) is 24.2. The summed E-state index contributed by atoms with van der Waals surface area (Å²) in [5.74, 6) is -0.597. The summed E-state index contributed by atoms with van der Waals surface area (Å²) >= 11 is 5.86. The third-order valence-electron chi connectivity index (χ3n) is 3.51. The van der Waals surface area contributed by atoms with Crippen LogP contribution in [0.25, 0.3) is 0 Å². The van der Waals surface area contributed by atoms with Gasteiger partial charge in [-0.3, -0.25) is 9.59 Å². The van der Waals surface area contributed by atoms with Crippen LogP contribution in [-0.4, -0.2) is 18.8 Å². The molecular formula is C18H15ClF3NO3. The molecule has 0 aliphatic heterocycles. The molecular weight excluding hydrogens is 371 g/mol. The van der Waals surface area contributed by atoms with E-state index < -0.39 is 17.6 Å². The first-order chi connectivity index (χ1) is 12.2. The normalized spacial score (nSPS) is 11.1. The van der Waals surface area contributed by atoms with E-state index in [1.807, 2.05) is 0 Å². The second kappa shape index (κ2) is 8.23. The molecule has 0 fully saturated rings. The molecule has 0 aliphatic rings. The Labute approximate surface area is 152 Å². The van der Waals surface area contributed by atoms with Gasteiger partial charge in [-0.1, -0.05) is 17.7 Å². The van der Waals surface area contributed by atoms with Crippen molar-refractivity contribution in [2.75, 3.05) is 12.4 Å².